The summed E-state index contributed by atoms with van der Waals surface area (Å²) in [5.74, 6) is 0. The molecule has 0 fully saturated rings. The summed E-state index contributed by atoms with van der Waals surface area (Å²) in [5, 5.41) is 12.7. The Bertz CT molecular complexity index is 556. The molecule has 2 N–H and O–H groups in total. The highest BCUT2D eigenvalue weighted by Crippen LogP contribution is 2.21. The van der Waals surface area contributed by atoms with Crippen molar-refractivity contribution < 1.29 is 5.11 Å². The molecule has 0 radical (unpaired) electrons. The Morgan fingerprint density at radius 3 is 2.55 bits per heavy atom. The van der Waals surface area contributed by atoms with Gasteiger partial charge in [-0.05, 0) is 35.2 Å². The number of hydrogen-bond acceptors (Lipinski definition) is 2. The van der Waals surface area contributed by atoms with Gasteiger partial charge in [-0.1, -0.05) is 59.3 Å². The molecule has 0 bridgehead atoms. The van der Waals surface area contributed by atoms with Gasteiger partial charge in [0.1, 0.15) is 0 Å². The Morgan fingerprint density at radius 1 is 1.10 bits per heavy atom. The van der Waals surface area contributed by atoms with Gasteiger partial charge in [0.25, 0.3) is 0 Å². The fourth-order valence-corrected chi connectivity index (χ4v) is 2.72. The largest absolute Gasteiger partial charge is 0.392 e. The van der Waals surface area contributed by atoms with Gasteiger partial charge >= 0.3 is 0 Å². The third-order valence-electron chi connectivity index (χ3n) is 3.39. The zero-order valence-corrected chi connectivity index (χ0v) is 13.2. The van der Waals surface area contributed by atoms with Gasteiger partial charge in [-0.15, -0.1) is 0 Å². The summed E-state index contributed by atoms with van der Waals surface area (Å²) in [6.07, 6.45) is 1.04. The van der Waals surface area contributed by atoms with E-state index in [0.29, 0.717) is 6.04 Å². The van der Waals surface area contributed by atoms with Crippen molar-refractivity contribution >= 4 is 15.9 Å². The van der Waals surface area contributed by atoms with Crippen molar-refractivity contribution in [3.63, 3.8) is 0 Å². The second-order valence-electron chi connectivity index (χ2n) is 4.87. The summed E-state index contributed by atoms with van der Waals surface area (Å²) < 4.78 is 1.11. The van der Waals surface area contributed by atoms with Crippen molar-refractivity contribution in [2.24, 2.45) is 0 Å². The van der Waals surface area contributed by atoms with E-state index in [1.165, 1.54) is 11.1 Å². The summed E-state index contributed by atoms with van der Waals surface area (Å²) in [5.41, 5.74) is 3.45. The quantitative estimate of drug-likeness (QED) is 0.830. The fourth-order valence-electron chi connectivity index (χ4n) is 2.30. The molecule has 0 saturated heterocycles. The highest BCUT2D eigenvalue weighted by Gasteiger charge is 2.09. The van der Waals surface area contributed by atoms with Crippen LogP contribution in [0.4, 0.5) is 0 Å². The predicted molar refractivity (Wildman–Crippen MR) is 86.4 cm³/mol. The number of aliphatic hydroxyl groups excluding tert-OH is 1. The Labute approximate surface area is 129 Å². The molecule has 3 heteroatoms. The lowest BCUT2D eigenvalue weighted by Gasteiger charge is -2.18. The minimum absolute atomic E-state index is 0.0939. The maximum absolute atomic E-state index is 9.17. The first-order valence-corrected chi connectivity index (χ1v) is 7.69. The number of benzene rings is 2. The molecule has 106 valence electrons. The van der Waals surface area contributed by atoms with E-state index in [9.17, 15) is 0 Å². The van der Waals surface area contributed by atoms with E-state index in [-0.39, 0.29) is 6.61 Å². The molecule has 2 rings (SSSR count). The maximum atomic E-state index is 9.17. The zero-order valence-electron chi connectivity index (χ0n) is 11.6. The normalized spacial score (nSPS) is 12.3. The molecule has 2 aromatic rings. The molecule has 0 aliphatic carbocycles. The van der Waals surface area contributed by atoms with Crippen LogP contribution < -0.4 is 5.32 Å². The van der Waals surface area contributed by atoms with E-state index in [4.69, 9.17) is 5.11 Å². The van der Waals surface area contributed by atoms with Crippen LogP contribution in [0.15, 0.2) is 53.0 Å². The van der Waals surface area contributed by atoms with Crippen LogP contribution in [0.1, 0.15) is 36.1 Å². The van der Waals surface area contributed by atoms with Crippen molar-refractivity contribution in [2.75, 3.05) is 0 Å². The highest BCUT2D eigenvalue weighted by molar-refractivity contribution is 9.10. The molecule has 1 atom stereocenters. The molecule has 0 aliphatic rings. The van der Waals surface area contributed by atoms with Gasteiger partial charge in [-0.2, -0.15) is 0 Å². The van der Waals surface area contributed by atoms with Crippen molar-refractivity contribution in [2.45, 2.75) is 32.5 Å². The smallest absolute Gasteiger partial charge is 0.0681 e. The minimum Gasteiger partial charge on any atom is -0.392 e. The summed E-state index contributed by atoms with van der Waals surface area (Å²) in [7, 11) is 0. The summed E-state index contributed by atoms with van der Waals surface area (Å²) >= 11 is 3.52. The molecule has 0 amide bonds. The first-order valence-electron chi connectivity index (χ1n) is 6.90. The van der Waals surface area contributed by atoms with Crippen LogP contribution in [0.2, 0.25) is 0 Å². The second kappa shape index (κ2) is 7.58. The van der Waals surface area contributed by atoms with Gasteiger partial charge < -0.3 is 10.4 Å². The number of hydrogen-bond donors (Lipinski definition) is 2. The lowest BCUT2D eigenvalue weighted by atomic mass is 10.0. The van der Waals surface area contributed by atoms with Crippen molar-refractivity contribution in [1.82, 2.24) is 5.32 Å². The lowest BCUT2D eigenvalue weighted by Crippen LogP contribution is -2.20. The van der Waals surface area contributed by atoms with E-state index < -0.39 is 0 Å². The molecule has 0 aliphatic heterocycles. The van der Waals surface area contributed by atoms with Crippen LogP contribution >= 0.6 is 15.9 Å². The molecular weight excluding hydrogens is 314 g/mol. The fraction of sp³-hybridized carbons (Fsp3) is 0.294. The van der Waals surface area contributed by atoms with Gasteiger partial charge in [0.05, 0.1) is 6.61 Å². The summed E-state index contributed by atoms with van der Waals surface area (Å²) in [6, 6.07) is 16.8. The Hall–Kier alpha value is -1.16. The van der Waals surface area contributed by atoms with E-state index in [0.717, 1.165) is 23.0 Å². The minimum atomic E-state index is 0.0939. The third kappa shape index (κ3) is 4.17. The van der Waals surface area contributed by atoms with E-state index in [1.54, 1.807) is 0 Å². The maximum Gasteiger partial charge on any atom is 0.0681 e. The summed E-state index contributed by atoms with van der Waals surface area (Å²) in [4.78, 5) is 0. The van der Waals surface area contributed by atoms with E-state index >= 15 is 0 Å². The molecule has 0 saturated carbocycles. The Morgan fingerprint density at radius 2 is 1.85 bits per heavy atom. The van der Waals surface area contributed by atoms with Gasteiger partial charge in [-0.25, -0.2) is 0 Å². The average molecular weight is 334 g/mol. The predicted octanol–water partition coefficient (Wildman–Crippen LogP) is 4.18. The van der Waals surface area contributed by atoms with Crippen molar-refractivity contribution in [1.29, 1.82) is 0 Å². The van der Waals surface area contributed by atoms with E-state index in [2.05, 4.69) is 52.4 Å². The molecule has 20 heavy (non-hydrogen) atoms. The molecule has 0 heterocycles. The molecule has 0 aromatic heterocycles. The van der Waals surface area contributed by atoms with Gasteiger partial charge in [0.15, 0.2) is 0 Å². The Balaban J connectivity index is 2.03. The molecule has 0 spiro atoms. The van der Waals surface area contributed by atoms with E-state index in [1.807, 2.05) is 24.3 Å². The van der Waals surface area contributed by atoms with Crippen LogP contribution in [0.3, 0.4) is 0 Å². The first kappa shape index (κ1) is 15.2. The van der Waals surface area contributed by atoms with Crippen molar-refractivity contribution in [3.05, 3.63) is 69.7 Å². The van der Waals surface area contributed by atoms with Crippen LogP contribution in [-0.2, 0) is 13.2 Å². The highest BCUT2D eigenvalue weighted by atomic mass is 79.9. The molecule has 2 aromatic carbocycles. The number of rotatable bonds is 6. The van der Waals surface area contributed by atoms with Crippen LogP contribution in [0.5, 0.6) is 0 Å². The number of halogens is 1. The Kier molecular flexibility index (Phi) is 5.77. The average Bonchev–Trinajstić information content (AvgIpc) is 2.48. The van der Waals surface area contributed by atoms with Gasteiger partial charge in [0.2, 0.25) is 0 Å². The molecule has 1 unspecified atom stereocenters. The summed E-state index contributed by atoms with van der Waals surface area (Å²) in [6.45, 7) is 3.08. The van der Waals surface area contributed by atoms with Gasteiger partial charge in [0, 0.05) is 17.1 Å². The third-order valence-corrected chi connectivity index (χ3v) is 3.88. The molecular formula is C17H20BrNO. The number of aliphatic hydroxyl groups is 1. The second-order valence-corrected chi connectivity index (χ2v) is 5.79. The lowest BCUT2D eigenvalue weighted by molar-refractivity contribution is 0.281. The van der Waals surface area contributed by atoms with Crippen molar-refractivity contribution in [3.8, 4) is 0 Å². The van der Waals surface area contributed by atoms with Crippen LogP contribution in [0, 0.1) is 0 Å². The number of nitrogens with one attached hydrogen (secondary N) is 1. The SMILES string of the molecule is CCC(NCc1cccc(CO)c1)c1cccc(Br)c1. The van der Waals surface area contributed by atoms with Crippen LogP contribution in [0.25, 0.3) is 0 Å². The van der Waals surface area contributed by atoms with Crippen LogP contribution in [-0.4, -0.2) is 5.11 Å². The zero-order chi connectivity index (χ0) is 14.4. The monoisotopic (exact) mass is 333 g/mol. The molecule has 2 nitrogen and oxygen atoms in total. The van der Waals surface area contributed by atoms with Gasteiger partial charge in [-0.3, -0.25) is 0 Å². The first-order chi connectivity index (χ1) is 9.72. The standard InChI is InChI=1S/C17H20BrNO/c1-2-17(15-7-4-8-16(18)10-15)19-11-13-5-3-6-14(9-13)12-20/h3-10,17,19-20H,2,11-12H2,1H3. The topological polar surface area (TPSA) is 32.3 Å².